The topological polar surface area (TPSA) is 80.3 Å². The van der Waals surface area contributed by atoms with Gasteiger partial charge in [-0.1, -0.05) is 0 Å². The van der Waals surface area contributed by atoms with E-state index < -0.39 is 29.8 Å². The van der Waals surface area contributed by atoms with E-state index in [0.717, 1.165) is 6.29 Å². The number of rotatable bonds is 6. The first-order valence-electron chi connectivity index (χ1n) is 7.60. The fourth-order valence-electron chi connectivity index (χ4n) is 2.78. The number of carbonyl (C=O) groups is 2. The minimum absolute atomic E-state index is 0.284. The molecule has 1 fully saturated rings. The normalized spacial score (nSPS) is 30.1. The van der Waals surface area contributed by atoms with E-state index in [1.165, 1.54) is 6.08 Å². The molecular weight excluding hydrogens is 304 g/mol. The van der Waals surface area contributed by atoms with Crippen LogP contribution in [-0.2, 0) is 33.3 Å². The van der Waals surface area contributed by atoms with Gasteiger partial charge in [-0.15, -0.1) is 0 Å². The first kappa shape index (κ1) is 17.9. The van der Waals surface area contributed by atoms with Crippen molar-refractivity contribution in [3.05, 3.63) is 11.8 Å². The molecule has 0 saturated carbocycles. The molecule has 0 N–H and O–H groups in total. The molecule has 2 aliphatic rings. The highest BCUT2D eigenvalue weighted by Crippen LogP contribution is 2.32. The molecule has 0 unspecified atom stereocenters. The molecule has 2 aliphatic heterocycles. The molecule has 0 aromatic carbocycles. The lowest BCUT2D eigenvalue weighted by Crippen LogP contribution is -2.36. The predicted octanol–water partition coefficient (Wildman–Crippen LogP) is 1.69. The van der Waals surface area contributed by atoms with E-state index in [1.807, 2.05) is 0 Å². The van der Waals surface area contributed by atoms with Gasteiger partial charge in [0.25, 0.3) is 0 Å². The van der Waals surface area contributed by atoms with Crippen LogP contribution < -0.4 is 0 Å². The first-order chi connectivity index (χ1) is 10.6. The molecule has 7 nitrogen and oxygen atoms in total. The summed E-state index contributed by atoms with van der Waals surface area (Å²) in [6.45, 7) is 6.85. The monoisotopic (exact) mass is 328 g/mol. The predicted molar refractivity (Wildman–Crippen MR) is 79.3 cm³/mol. The quantitative estimate of drug-likeness (QED) is 0.542. The number of cyclic esters (lactones) is 1. The van der Waals surface area contributed by atoms with Gasteiger partial charge in [0.1, 0.15) is 11.9 Å². The Kier molecular flexibility index (Phi) is 5.13. The van der Waals surface area contributed by atoms with Crippen LogP contribution in [0.1, 0.15) is 40.5 Å². The summed E-state index contributed by atoms with van der Waals surface area (Å²) in [6, 6.07) is 0. The standard InChI is InChI=1S/C16H24O7/c1-15(2)20-11(8-14(18)23-15)6-10(19-5)7-12-13(9-17)22-16(3,4)21-12/h8-10,12-13H,6-7H2,1-5H3/t10-,12+,13+/m0/s1. The van der Waals surface area contributed by atoms with Crippen LogP contribution in [0.2, 0.25) is 0 Å². The second-order valence-corrected chi connectivity index (χ2v) is 6.61. The minimum Gasteiger partial charge on any atom is -0.457 e. The van der Waals surface area contributed by atoms with E-state index in [0.29, 0.717) is 18.6 Å². The largest absolute Gasteiger partial charge is 0.457 e. The molecule has 0 aromatic rings. The minimum atomic E-state index is -1.00. The Labute approximate surface area is 135 Å². The number of carbonyl (C=O) groups excluding carboxylic acids is 2. The van der Waals surface area contributed by atoms with Gasteiger partial charge in [0, 0.05) is 33.8 Å². The van der Waals surface area contributed by atoms with E-state index in [-0.39, 0.29) is 6.10 Å². The summed E-state index contributed by atoms with van der Waals surface area (Å²) in [4.78, 5) is 22.7. The Morgan fingerprint density at radius 3 is 2.48 bits per heavy atom. The second-order valence-electron chi connectivity index (χ2n) is 6.61. The van der Waals surface area contributed by atoms with Gasteiger partial charge in [-0.25, -0.2) is 4.79 Å². The lowest BCUT2D eigenvalue weighted by molar-refractivity contribution is -0.207. The molecule has 3 atom stereocenters. The van der Waals surface area contributed by atoms with Gasteiger partial charge in [-0.3, -0.25) is 0 Å². The van der Waals surface area contributed by atoms with Crippen LogP contribution in [0.5, 0.6) is 0 Å². The zero-order valence-electron chi connectivity index (χ0n) is 14.2. The van der Waals surface area contributed by atoms with Crippen LogP contribution in [0, 0.1) is 0 Å². The van der Waals surface area contributed by atoms with Crippen molar-refractivity contribution in [3.8, 4) is 0 Å². The Bertz CT molecular complexity index is 495. The lowest BCUT2D eigenvalue weighted by Gasteiger charge is -2.32. The summed E-state index contributed by atoms with van der Waals surface area (Å²) in [5.41, 5.74) is 0. The van der Waals surface area contributed by atoms with Gasteiger partial charge in [-0.05, 0) is 13.8 Å². The SMILES string of the molecule is CO[C@@H](CC1=CC(=O)OC(C)(C)O1)C[C@H]1OC(C)(C)O[C@@H]1C=O. The number of esters is 1. The number of methoxy groups -OCH3 is 1. The fourth-order valence-corrected chi connectivity index (χ4v) is 2.78. The third kappa shape index (κ3) is 4.76. The maximum Gasteiger partial charge on any atom is 0.337 e. The molecular formula is C16H24O7. The van der Waals surface area contributed by atoms with E-state index in [1.54, 1.807) is 34.8 Å². The van der Waals surface area contributed by atoms with Crippen LogP contribution in [0.3, 0.4) is 0 Å². The van der Waals surface area contributed by atoms with Crippen LogP contribution in [0.15, 0.2) is 11.8 Å². The highest BCUT2D eigenvalue weighted by molar-refractivity contribution is 5.83. The summed E-state index contributed by atoms with van der Waals surface area (Å²) in [5.74, 6) is -1.77. The maximum atomic E-state index is 11.6. The third-order valence-corrected chi connectivity index (χ3v) is 3.62. The molecule has 1 saturated heterocycles. The zero-order chi connectivity index (χ0) is 17.3. The number of hydrogen-bond acceptors (Lipinski definition) is 7. The molecule has 130 valence electrons. The number of ether oxygens (including phenoxy) is 5. The fraction of sp³-hybridized carbons (Fsp3) is 0.750. The molecule has 2 heterocycles. The number of hydrogen-bond donors (Lipinski definition) is 0. The van der Waals surface area contributed by atoms with E-state index >= 15 is 0 Å². The van der Waals surface area contributed by atoms with Gasteiger partial charge in [0.2, 0.25) is 5.79 Å². The molecule has 2 rings (SSSR count). The molecule has 7 heteroatoms. The van der Waals surface area contributed by atoms with Gasteiger partial charge in [0.05, 0.1) is 18.3 Å². The van der Waals surface area contributed by atoms with Crippen molar-refractivity contribution in [1.29, 1.82) is 0 Å². The highest BCUT2D eigenvalue weighted by atomic mass is 16.8. The summed E-state index contributed by atoms with van der Waals surface area (Å²) in [5, 5.41) is 0. The second kappa shape index (κ2) is 6.59. The molecule has 0 amide bonds. The van der Waals surface area contributed by atoms with E-state index in [9.17, 15) is 9.59 Å². The molecule has 0 aliphatic carbocycles. The summed E-state index contributed by atoms with van der Waals surface area (Å²) in [7, 11) is 1.56. The van der Waals surface area contributed by atoms with Crippen LogP contribution >= 0.6 is 0 Å². The van der Waals surface area contributed by atoms with E-state index in [4.69, 9.17) is 23.7 Å². The van der Waals surface area contributed by atoms with Gasteiger partial charge < -0.3 is 28.5 Å². The van der Waals surface area contributed by atoms with Crippen molar-refractivity contribution in [3.63, 3.8) is 0 Å². The van der Waals surface area contributed by atoms with Crippen molar-refractivity contribution >= 4 is 12.3 Å². The Hall–Kier alpha value is -1.44. The molecule has 0 radical (unpaired) electrons. The van der Waals surface area contributed by atoms with Crippen molar-refractivity contribution in [1.82, 2.24) is 0 Å². The molecule has 0 spiro atoms. The first-order valence-corrected chi connectivity index (χ1v) is 7.60. The van der Waals surface area contributed by atoms with Crippen molar-refractivity contribution < 1.29 is 33.3 Å². The van der Waals surface area contributed by atoms with Crippen molar-refractivity contribution in [2.24, 2.45) is 0 Å². The average molecular weight is 328 g/mol. The van der Waals surface area contributed by atoms with Gasteiger partial charge in [-0.2, -0.15) is 0 Å². The smallest absolute Gasteiger partial charge is 0.337 e. The van der Waals surface area contributed by atoms with Gasteiger partial charge in [0.15, 0.2) is 12.1 Å². The summed E-state index contributed by atoms with van der Waals surface area (Å²) in [6.07, 6.45) is 1.54. The van der Waals surface area contributed by atoms with E-state index in [2.05, 4.69) is 0 Å². The van der Waals surface area contributed by atoms with Crippen molar-refractivity contribution in [2.75, 3.05) is 7.11 Å². The zero-order valence-corrected chi connectivity index (χ0v) is 14.2. The molecule has 23 heavy (non-hydrogen) atoms. The van der Waals surface area contributed by atoms with Crippen LogP contribution in [-0.4, -0.2) is 49.3 Å². The Morgan fingerprint density at radius 1 is 1.22 bits per heavy atom. The van der Waals surface area contributed by atoms with Crippen LogP contribution in [0.25, 0.3) is 0 Å². The van der Waals surface area contributed by atoms with Crippen LogP contribution in [0.4, 0.5) is 0 Å². The molecule has 0 bridgehead atoms. The average Bonchev–Trinajstić information content (AvgIpc) is 2.69. The maximum absolute atomic E-state index is 11.6. The summed E-state index contributed by atoms with van der Waals surface area (Å²) < 4.78 is 27.4. The van der Waals surface area contributed by atoms with Crippen molar-refractivity contribution in [2.45, 2.75) is 70.4 Å². The molecule has 0 aromatic heterocycles. The third-order valence-electron chi connectivity index (χ3n) is 3.62. The number of aldehydes is 1. The lowest BCUT2D eigenvalue weighted by atomic mass is 10.0. The summed E-state index contributed by atoms with van der Waals surface area (Å²) >= 11 is 0. The Balaban J connectivity index is 2.01. The highest BCUT2D eigenvalue weighted by Gasteiger charge is 2.42. The Morgan fingerprint density at radius 2 is 1.91 bits per heavy atom. The van der Waals surface area contributed by atoms with Gasteiger partial charge >= 0.3 is 5.97 Å².